The highest BCUT2D eigenvalue weighted by Crippen LogP contribution is 2.33. The van der Waals surface area contributed by atoms with Crippen LogP contribution in [-0.4, -0.2) is 65.6 Å². The van der Waals surface area contributed by atoms with E-state index in [9.17, 15) is 5.11 Å². The molecule has 2 N–H and O–H groups in total. The first-order valence-corrected chi connectivity index (χ1v) is 11.6. The summed E-state index contributed by atoms with van der Waals surface area (Å²) in [6, 6.07) is 6.20. The molecule has 1 aliphatic heterocycles. The Morgan fingerprint density at radius 2 is 2.09 bits per heavy atom. The SMILES string of the molecule is Cc1nn(C[C@@H](C)O)c2c1/C=C/c1[nH]nc3ccc(cc13)-c1cnn(C)c1O[C@@H](C)CN(C)C2. The van der Waals surface area contributed by atoms with Crippen molar-refractivity contribution in [2.24, 2.45) is 7.05 Å². The molecule has 0 radical (unpaired) electrons. The fraction of sp³-hybridized carbons (Fsp3) is 0.400. The van der Waals surface area contributed by atoms with E-state index >= 15 is 0 Å². The Balaban J connectivity index is 1.67. The fourth-order valence-electron chi connectivity index (χ4n) is 4.67. The molecule has 34 heavy (non-hydrogen) atoms. The van der Waals surface area contributed by atoms with Crippen molar-refractivity contribution in [1.29, 1.82) is 0 Å². The van der Waals surface area contributed by atoms with E-state index in [4.69, 9.17) is 9.84 Å². The third-order valence-electron chi connectivity index (χ3n) is 6.22. The number of fused-ring (bicyclic) bond motifs is 4. The summed E-state index contributed by atoms with van der Waals surface area (Å²) in [5.74, 6) is 0.742. The van der Waals surface area contributed by atoms with Gasteiger partial charge in [0.05, 0.1) is 47.0 Å². The second-order valence-corrected chi connectivity index (χ2v) is 9.29. The number of ether oxygens (including phenoxy) is 1. The minimum Gasteiger partial charge on any atom is -0.473 e. The van der Waals surface area contributed by atoms with Gasteiger partial charge in [-0.2, -0.15) is 15.3 Å². The Morgan fingerprint density at radius 1 is 1.26 bits per heavy atom. The molecule has 0 aliphatic carbocycles. The molecular weight excluding hydrogens is 430 g/mol. The van der Waals surface area contributed by atoms with Gasteiger partial charge in [0.15, 0.2) is 0 Å². The lowest BCUT2D eigenvalue weighted by Gasteiger charge is -2.23. The van der Waals surface area contributed by atoms with Crippen LogP contribution in [-0.2, 0) is 20.1 Å². The van der Waals surface area contributed by atoms with E-state index in [1.807, 2.05) is 30.9 Å². The Hall–Kier alpha value is -3.43. The highest BCUT2D eigenvalue weighted by Gasteiger charge is 2.21. The van der Waals surface area contributed by atoms with Gasteiger partial charge in [0.1, 0.15) is 6.10 Å². The molecule has 1 aromatic carbocycles. The average molecular weight is 462 g/mol. The molecule has 1 aliphatic rings. The maximum atomic E-state index is 10.0. The van der Waals surface area contributed by atoms with Crippen molar-refractivity contribution < 1.29 is 9.84 Å². The van der Waals surface area contributed by atoms with Crippen LogP contribution >= 0.6 is 0 Å². The van der Waals surface area contributed by atoms with E-state index < -0.39 is 6.10 Å². The molecule has 4 heterocycles. The van der Waals surface area contributed by atoms with Crippen LogP contribution in [0.1, 0.15) is 36.5 Å². The maximum absolute atomic E-state index is 10.0. The largest absolute Gasteiger partial charge is 0.473 e. The van der Waals surface area contributed by atoms with Crippen LogP contribution in [0.25, 0.3) is 34.2 Å². The summed E-state index contributed by atoms with van der Waals surface area (Å²) in [5, 5.41) is 27.9. The number of aromatic amines is 1. The molecule has 5 rings (SSSR count). The van der Waals surface area contributed by atoms with Crippen LogP contribution in [0.2, 0.25) is 0 Å². The molecule has 0 amide bonds. The first kappa shape index (κ1) is 22.4. The van der Waals surface area contributed by atoms with Gasteiger partial charge < -0.3 is 9.84 Å². The lowest BCUT2D eigenvalue weighted by molar-refractivity contribution is 0.143. The van der Waals surface area contributed by atoms with Crippen molar-refractivity contribution in [2.75, 3.05) is 13.6 Å². The first-order chi connectivity index (χ1) is 16.3. The Kier molecular flexibility index (Phi) is 5.75. The van der Waals surface area contributed by atoms with Gasteiger partial charge in [-0.15, -0.1) is 0 Å². The predicted octanol–water partition coefficient (Wildman–Crippen LogP) is 3.23. The smallest absolute Gasteiger partial charge is 0.219 e. The van der Waals surface area contributed by atoms with E-state index in [1.165, 1.54) is 0 Å². The molecule has 9 nitrogen and oxygen atoms in total. The zero-order valence-electron chi connectivity index (χ0n) is 20.3. The van der Waals surface area contributed by atoms with E-state index in [-0.39, 0.29) is 6.10 Å². The summed E-state index contributed by atoms with van der Waals surface area (Å²) in [6.45, 7) is 7.69. The van der Waals surface area contributed by atoms with Crippen molar-refractivity contribution in [3.05, 3.63) is 47.0 Å². The molecule has 0 fully saturated rings. The number of nitrogens with zero attached hydrogens (tertiary/aromatic N) is 6. The van der Waals surface area contributed by atoms with Gasteiger partial charge >= 0.3 is 0 Å². The molecule has 9 heteroatoms. The number of nitrogens with one attached hydrogen (secondary N) is 1. The van der Waals surface area contributed by atoms with E-state index in [0.29, 0.717) is 19.6 Å². The summed E-state index contributed by atoms with van der Waals surface area (Å²) < 4.78 is 10.1. The molecule has 0 unspecified atom stereocenters. The fourth-order valence-corrected chi connectivity index (χ4v) is 4.67. The number of benzene rings is 1. The average Bonchev–Trinajstić information content (AvgIpc) is 3.42. The number of H-pyrrole nitrogens is 1. The summed E-state index contributed by atoms with van der Waals surface area (Å²) in [4.78, 5) is 2.22. The Bertz CT molecular complexity index is 1360. The quantitative estimate of drug-likeness (QED) is 0.476. The van der Waals surface area contributed by atoms with Gasteiger partial charge in [0.2, 0.25) is 5.88 Å². The Morgan fingerprint density at radius 3 is 2.88 bits per heavy atom. The number of likely N-dealkylation sites (N-methyl/N-ethyl adjacent to an activating group) is 1. The number of hydrogen-bond donors (Lipinski definition) is 2. The molecule has 3 aromatic heterocycles. The van der Waals surface area contributed by atoms with Gasteiger partial charge in [0.25, 0.3) is 0 Å². The number of hydrogen-bond acceptors (Lipinski definition) is 6. The molecule has 2 atom stereocenters. The van der Waals surface area contributed by atoms with Crippen molar-refractivity contribution >= 4 is 23.1 Å². The highest BCUT2D eigenvalue weighted by molar-refractivity contribution is 5.93. The van der Waals surface area contributed by atoms with Crippen LogP contribution in [0.3, 0.4) is 0 Å². The normalized spacial score (nSPS) is 18.7. The molecule has 0 saturated heterocycles. The van der Waals surface area contributed by atoms with Crippen molar-refractivity contribution in [3.63, 3.8) is 0 Å². The maximum Gasteiger partial charge on any atom is 0.219 e. The number of aliphatic hydroxyl groups excluding tert-OH is 1. The van der Waals surface area contributed by atoms with Gasteiger partial charge in [-0.1, -0.05) is 6.07 Å². The van der Waals surface area contributed by atoms with Gasteiger partial charge in [-0.3, -0.25) is 14.7 Å². The minimum absolute atomic E-state index is 0.0641. The van der Waals surface area contributed by atoms with E-state index in [2.05, 4.69) is 58.5 Å². The van der Waals surface area contributed by atoms with Crippen molar-refractivity contribution in [1.82, 2.24) is 34.7 Å². The second-order valence-electron chi connectivity index (χ2n) is 9.29. The monoisotopic (exact) mass is 461 g/mol. The molecular formula is C25H31N7O2. The van der Waals surface area contributed by atoms with Gasteiger partial charge in [-0.25, -0.2) is 4.68 Å². The van der Waals surface area contributed by atoms with Crippen LogP contribution in [0.5, 0.6) is 5.88 Å². The van der Waals surface area contributed by atoms with Crippen molar-refractivity contribution in [2.45, 2.75) is 46.1 Å². The molecule has 0 spiro atoms. The van der Waals surface area contributed by atoms with E-state index in [1.54, 1.807) is 11.6 Å². The van der Waals surface area contributed by atoms with Crippen LogP contribution in [0.4, 0.5) is 0 Å². The lowest BCUT2D eigenvalue weighted by atomic mass is 10.0. The topological polar surface area (TPSA) is 97.0 Å². The number of aliphatic hydroxyl groups is 1. The molecule has 4 aromatic rings. The summed E-state index contributed by atoms with van der Waals surface area (Å²) in [7, 11) is 3.98. The standard InChI is InChI=1S/C25H31N7O2/c1-15(33)12-32-24-14-30(4)13-16(2)34-25-21(11-26-31(25)5)18-6-8-22-20(10-18)23(28-27-22)9-7-19(24)17(3)29-32/h6-11,15-16,33H,12-14H2,1-5H3,(H,27,28)/b9-7+/t15-,16+/m1/s1. The summed E-state index contributed by atoms with van der Waals surface area (Å²) in [6.07, 6.45) is 5.45. The number of rotatable bonds is 2. The van der Waals surface area contributed by atoms with Crippen LogP contribution in [0, 0.1) is 6.92 Å². The third-order valence-corrected chi connectivity index (χ3v) is 6.22. The van der Waals surface area contributed by atoms with Crippen molar-refractivity contribution in [3.8, 4) is 17.0 Å². The predicted molar refractivity (Wildman–Crippen MR) is 132 cm³/mol. The van der Waals surface area contributed by atoms with E-state index in [0.717, 1.165) is 50.6 Å². The lowest BCUT2D eigenvalue weighted by Crippen LogP contribution is -2.32. The second kappa shape index (κ2) is 8.73. The summed E-state index contributed by atoms with van der Waals surface area (Å²) in [5.41, 5.74) is 6.85. The number of aryl methyl sites for hydroxylation is 2. The van der Waals surface area contributed by atoms with Gasteiger partial charge in [0, 0.05) is 31.1 Å². The minimum atomic E-state index is -0.491. The van der Waals surface area contributed by atoms with Crippen LogP contribution in [0.15, 0.2) is 24.4 Å². The van der Waals surface area contributed by atoms with Crippen LogP contribution < -0.4 is 4.74 Å². The Labute approximate surface area is 198 Å². The molecule has 178 valence electrons. The third kappa shape index (κ3) is 4.12. The highest BCUT2D eigenvalue weighted by atomic mass is 16.5. The summed E-state index contributed by atoms with van der Waals surface area (Å²) >= 11 is 0. The molecule has 2 bridgehead atoms. The molecule has 0 saturated carbocycles. The zero-order chi connectivity index (χ0) is 24.0. The zero-order valence-corrected chi connectivity index (χ0v) is 20.3. The van der Waals surface area contributed by atoms with Gasteiger partial charge in [-0.05, 0) is 57.7 Å². The first-order valence-electron chi connectivity index (χ1n) is 11.6. The number of aromatic nitrogens is 6.